The van der Waals surface area contributed by atoms with E-state index in [1.807, 2.05) is 6.07 Å². The quantitative estimate of drug-likeness (QED) is 0.281. The van der Waals surface area contributed by atoms with Gasteiger partial charge in [0.2, 0.25) is 5.91 Å². The van der Waals surface area contributed by atoms with Gasteiger partial charge in [0.05, 0.1) is 7.11 Å². The number of pyridine rings is 1. The lowest BCUT2D eigenvalue weighted by molar-refractivity contribution is -0.119. The third kappa shape index (κ3) is 10.7. The van der Waals surface area contributed by atoms with E-state index in [4.69, 9.17) is 16.3 Å². The first-order valence-electron chi connectivity index (χ1n) is 13.3. The third-order valence-electron chi connectivity index (χ3n) is 6.75. The summed E-state index contributed by atoms with van der Waals surface area (Å²) in [6, 6.07) is 7.63. The topological polar surface area (TPSA) is 83.6 Å². The molecule has 7 nitrogen and oxygen atoms in total. The molecule has 0 spiro atoms. The van der Waals surface area contributed by atoms with Crippen LogP contribution in [0.4, 0.5) is 0 Å². The molecule has 1 unspecified atom stereocenters. The Bertz CT molecular complexity index is 1010. The fraction of sp³-hybridized carbons (Fsp3) is 0.552. The Morgan fingerprint density at radius 3 is 2.59 bits per heavy atom. The number of nitrogens with one attached hydrogen (secondary N) is 2. The summed E-state index contributed by atoms with van der Waals surface area (Å²) < 4.78 is 5.43. The van der Waals surface area contributed by atoms with Gasteiger partial charge in [0.1, 0.15) is 10.9 Å². The van der Waals surface area contributed by atoms with E-state index in [0.29, 0.717) is 10.7 Å². The largest absolute Gasteiger partial charge is 0.496 e. The molecule has 8 heteroatoms. The number of benzene rings is 1. The van der Waals surface area contributed by atoms with Crippen LogP contribution in [-0.2, 0) is 11.3 Å². The number of rotatable bonds is 12. The van der Waals surface area contributed by atoms with Gasteiger partial charge in [-0.3, -0.25) is 9.59 Å². The van der Waals surface area contributed by atoms with E-state index in [1.54, 1.807) is 25.4 Å². The number of amides is 2. The minimum absolute atomic E-state index is 0.0879. The second-order valence-corrected chi connectivity index (χ2v) is 10.1. The molecule has 0 bridgehead atoms. The van der Waals surface area contributed by atoms with Gasteiger partial charge in [-0.1, -0.05) is 43.9 Å². The van der Waals surface area contributed by atoms with Crippen molar-refractivity contribution in [3.8, 4) is 5.75 Å². The van der Waals surface area contributed by atoms with E-state index in [2.05, 4.69) is 54.4 Å². The number of carbonyl (C=O) groups excluding carboxylic acids is 2. The zero-order chi connectivity index (χ0) is 27.2. The summed E-state index contributed by atoms with van der Waals surface area (Å²) in [6.45, 7) is 9.10. The van der Waals surface area contributed by atoms with Gasteiger partial charge < -0.3 is 20.3 Å². The van der Waals surface area contributed by atoms with Gasteiger partial charge >= 0.3 is 0 Å². The molecular weight excluding hydrogens is 488 g/mol. The molecule has 1 atom stereocenters. The number of aromatic nitrogens is 1. The molecule has 2 amide bonds. The molecule has 1 aliphatic rings. The molecule has 204 valence electrons. The lowest BCUT2D eigenvalue weighted by atomic mass is 10.0. The van der Waals surface area contributed by atoms with Crippen LogP contribution < -0.4 is 15.4 Å². The molecule has 0 radical (unpaired) electrons. The van der Waals surface area contributed by atoms with Crippen LogP contribution in [0.15, 0.2) is 30.5 Å². The average Bonchev–Trinajstić information content (AvgIpc) is 3.36. The van der Waals surface area contributed by atoms with Crippen molar-refractivity contribution >= 4 is 23.4 Å². The van der Waals surface area contributed by atoms with Gasteiger partial charge in [-0.05, 0) is 75.0 Å². The Morgan fingerprint density at radius 1 is 1.22 bits per heavy atom. The fourth-order valence-corrected chi connectivity index (χ4v) is 4.47. The number of nitrogens with zero attached hydrogens (tertiary/aromatic N) is 2. The van der Waals surface area contributed by atoms with E-state index in [1.165, 1.54) is 23.1 Å². The summed E-state index contributed by atoms with van der Waals surface area (Å²) in [5.41, 5.74) is 4.32. The van der Waals surface area contributed by atoms with Crippen LogP contribution in [0.2, 0.25) is 5.15 Å². The zero-order valence-corrected chi connectivity index (χ0v) is 23.8. The number of methoxy groups -OCH3 is 1. The van der Waals surface area contributed by atoms with Gasteiger partial charge in [0.15, 0.2) is 0 Å². The molecule has 0 saturated carbocycles. The van der Waals surface area contributed by atoms with Crippen molar-refractivity contribution in [3.05, 3.63) is 57.9 Å². The predicted molar refractivity (Wildman–Crippen MR) is 150 cm³/mol. The summed E-state index contributed by atoms with van der Waals surface area (Å²) in [4.78, 5) is 29.1. The van der Waals surface area contributed by atoms with Crippen molar-refractivity contribution in [1.82, 2.24) is 20.5 Å². The Kier molecular flexibility index (Phi) is 13.4. The van der Waals surface area contributed by atoms with Crippen molar-refractivity contribution in [2.24, 2.45) is 0 Å². The first-order valence-corrected chi connectivity index (χ1v) is 13.6. The van der Waals surface area contributed by atoms with E-state index >= 15 is 0 Å². The van der Waals surface area contributed by atoms with Gasteiger partial charge in [-0.15, -0.1) is 0 Å². The number of hydrogen-bond acceptors (Lipinski definition) is 5. The number of hydrogen-bond donors (Lipinski definition) is 2. The molecule has 1 fully saturated rings. The minimum Gasteiger partial charge on any atom is -0.496 e. The maximum atomic E-state index is 12.7. The van der Waals surface area contributed by atoms with E-state index < -0.39 is 0 Å². The highest BCUT2D eigenvalue weighted by Crippen LogP contribution is 2.24. The van der Waals surface area contributed by atoms with E-state index in [0.717, 1.165) is 63.9 Å². The summed E-state index contributed by atoms with van der Waals surface area (Å²) in [5.74, 6) is 1.05. The van der Waals surface area contributed by atoms with Gasteiger partial charge in [0.25, 0.3) is 5.91 Å². The van der Waals surface area contributed by atoms with Crippen molar-refractivity contribution in [1.29, 1.82) is 0 Å². The van der Waals surface area contributed by atoms with Crippen LogP contribution in [0.25, 0.3) is 0 Å². The number of unbranched alkanes of at least 4 members (excludes halogenated alkanes) is 2. The number of halogens is 1. The first kappa shape index (κ1) is 30.6. The normalized spacial score (nSPS) is 13.5. The maximum absolute atomic E-state index is 12.7. The monoisotopic (exact) mass is 530 g/mol. The van der Waals surface area contributed by atoms with Crippen LogP contribution in [0.1, 0.15) is 78.9 Å². The molecule has 1 saturated heterocycles. The van der Waals surface area contributed by atoms with Crippen molar-refractivity contribution in [2.75, 3.05) is 27.2 Å². The van der Waals surface area contributed by atoms with Crippen LogP contribution in [0, 0.1) is 13.8 Å². The highest BCUT2D eigenvalue weighted by atomic mass is 35.5. The molecule has 1 aromatic heterocycles. The smallest absolute Gasteiger partial charge is 0.251 e. The summed E-state index contributed by atoms with van der Waals surface area (Å²) in [6.07, 6.45) is 8.66. The highest BCUT2D eigenvalue weighted by molar-refractivity contribution is 6.29. The second kappa shape index (κ2) is 16.3. The zero-order valence-electron chi connectivity index (χ0n) is 23.0. The Hall–Kier alpha value is -2.64. The molecule has 1 aliphatic heterocycles. The third-order valence-corrected chi connectivity index (χ3v) is 6.96. The standard InChI is InChI=1S/C25H36ClN3O2.C4H7NO/c1-6-7-8-9-22(28-25(30)20-12-14-27-24(26)16-20)13-15-29(4)17-21-10-11-23(31-5)19(3)18(21)2;6-4-2-1-3-5-4/h10-12,14,16,22H,6-9,13,15,17H2,1-5H3,(H,28,30);1-3H2,(H,5,6). The van der Waals surface area contributed by atoms with Gasteiger partial charge in [-0.25, -0.2) is 4.98 Å². The van der Waals surface area contributed by atoms with Crippen LogP contribution in [0.5, 0.6) is 5.75 Å². The van der Waals surface area contributed by atoms with E-state index in [9.17, 15) is 9.59 Å². The fourth-order valence-electron chi connectivity index (χ4n) is 4.30. The average molecular weight is 531 g/mol. The Morgan fingerprint density at radius 2 is 2.00 bits per heavy atom. The van der Waals surface area contributed by atoms with Crippen molar-refractivity contribution in [2.45, 2.75) is 78.3 Å². The summed E-state index contributed by atoms with van der Waals surface area (Å²) in [5, 5.41) is 6.22. The predicted octanol–water partition coefficient (Wildman–Crippen LogP) is 5.46. The number of ether oxygens (including phenoxy) is 1. The maximum Gasteiger partial charge on any atom is 0.251 e. The Balaban J connectivity index is 0.000000700. The summed E-state index contributed by atoms with van der Waals surface area (Å²) in [7, 11) is 3.84. The Labute approximate surface area is 227 Å². The molecule has 2 N–H and O–H groups in total. The molecule has 2 heterocycles. The molecule has 0 aliphatic carbocycles. The molecule has 1 aromatic carbocycles. The van der Waals surface area contributed by atoms with Gasteiger partial charge in [0, 0.05) is 43.9 Å². The second-order valence-electron chi connectivity index (χ2n) is 9.69. The van der Waals surface area contributed by atoms with Crippen LogP contribution >= 0.6 is 11.6 Å². The van der Waals surface area contributed by atoms with E-state index in [-0.39, 0.29) is 17.9 Å². The first-order chi connectivity index (χ1) is 17.7. The molecule has 3 rings (SSSR count). The molecule has 37 heavy (non-hydrogen) atoms. The SMILES string of the molecule is CCCCCC(CCN(C)Cc1ccc(OC)c(C)c1C)NC(=O)c1ccnc(Cl)c1.O=C1CCCN1. The number of carbonyl (C=O) groups is 2. The van der Waals surface area contributed by atoms with Gasteiger partial charge in [-0.2, -0.15) is 0 Å². The van der Waals surface area contributed by atoms with Crippen LogP contribution in [0.3, 0.4) is 0 Å². The molecular formula is C29H43ClN4O3. The lowest BCUT2D eigenvalue weighted by Gasteiger charge is -2.24. The van der Waals surface area contributed by atoms with Crippen LogP contribution in [-0.4, -0.2) is 55.0 Å². The minimum atomic E-state index is -0.0879. The van der Waals surface area contributed by atoms with Crippen molar-refractivity contribution in [3.63, 3.8) is 0 Å². The highest BCUT2D eigenvalue weighted by Gasteiger charge is 2.16. The molecule has 2 aromatic rings. The lowest BCUT2D eigenvalue weighted by Crippen LogP contribution is -2.37. The van der Waals surface area contributed by atoms with Crippen molar-refractivity contribution < 1.29 is 14.3 Å². The summed E-state index contributed by atoms with van der Waals surface area (Å²) >= 11 is 5.94.